The van der Waals surface area contributed by atoms with E-state index in [-0.39, 0.29) is 12.3 Å². The van der Waals surface area contributed by atoms with Gasteiger partial charge in [-0.1, -0.05) is 0 Å². The number of nitrogens with two attached hydrogens (primary N) is 1. The van der Waals surface area contributed by atoms with Gasteiger partial charge in [0.05, 0.1) is 17.1 Å². The minimum atomic E-state index is -0.0659. The number of rotatable bonds is 3. The second kappa shape index (κ2) is 3.60. The molecule has 15 heavy (non-hydrogen) atoms. The highest BCUT2D eigenvalue weighted by atomic mass is 32.1. The molecule has 78 valence electrons. The van der Waals surface area contributed by atoms with E-state index >= 15 is 0 Å². The van der Waals surface area contributed by atoms with Gasteiger partial charge in [-0.3, -0.25) is 9.59 Å². The van der Waals surface area contributed by atoms with Crippen LogP contribution in [0.4, 0.5) is 0 Å². The van der Waals surface area contributed by atoms with Gasteiger partial charge in [0, 0.05) is 12.4 Å². The van der Waals surface area contributed by atoms with Gasteiger partial charge in [-0.2, -0.15) is 0 Å². The molecule has 2 aromatic rings. The molecular formula is C10H10N2O2S. The van der Waals surface area contributed by atoms with E-state index < -0.39 is 0 Å². The van der Waals surface area contributed by atoms with Crippen LogP contribution in [0.3, 0.4) is 0 Å². The minimum absolute atomic E-state index is 0.0212. The second-order valence-electron chi connectivity index (χ2n) is 3.24. The van der Waals surface area contributed by atoms with Gasteiger partial charge >= 0.3 is 0 Å². The number of aryl methyl sites for hydroxylation is 1. The number of carbonyl (C=O) groups is 2. The molecule has 2 N–H and O–H groups in total. The number of carbonyl (C=O) groups excluding carboxylic acids is 2. The van der Waals surface area contributed by atoms with Gasteiger partial charge in [0.25, 0.3) is 0 Å². The van der Waals surface area contributed by atoms with E-state index in [2.05, 4.69) is 0 Å². The molecule has 0 atom stereocenters. The molecule has 0 aromatic carbocycles. The summed E-state index contributed by atoms with van der Waals surface area (Å²) in [5, 5.41) is 0.918. The molecule has 0 unspecified atom stereocenters. The molecule has 0 radical (unpaired) electrons. The van der Waals surface area contributed by atoms with Crippen LogP contribution < -0.4 is 5.73 Å². The van der Waals surface area contributed by atoms with Gasteiger partial charge in [-0.05, 0) is 12.1 Å². The van der Waals surface area contributed by atoms with E-state index in [0.717, 1.165) is 16.5 Å². The quantitative estimate of drug-likeness (QED) is 0.626. The van der Waals surface area contributed by atoms with Gasteiger partial charge < -0.3 is 10.3 Å². The van der Waals surface area contributed by atoms with Gasteiger partial charge in [0.15, 0.2) is 12.1 Å². The lowest BCUT2D eigenvalue weighted by Gasteiger charge is -1.94. The molecule has 0 aliphatic heterocycles. The number of nitrogens with zero attached hydrogens (tertiary/aromatic N) is 1. The Morgan fingerprint density at radius 3 is 2.87 bits per heavy atom. The number of hydrogen-bond acceptors (Lipinski definition) is 4. The smallest absolute Gasteiger partial charge is 0.186 e. The highest BCUT2D eigenvalue weighted by Crippen LogP contribution is 2.27. The zero-order chi connectivity index (χ0) is 11.0. The number of hydrogen-bond donors (Lipinski definition) is 1. The number of aromatic nitrogens is 1. The third-order valence-electron chi connectivity index (χ3n) is 2.32. The van der Waals surface area contributed by atoms with E-state index in [1.807, 2.05) is 0 Å². The van der Waals surface area contributed by atoms with Crippen LogP contribution in [0, 0.1) is 0 Å². The first kappa shape index (κ1) is 10.1. The minimum Gasteiger partial charge on any atom is -0.333 e. The topological polar surface area (TPSA) is 65.1 Å². The maximum absolute atomic E-state index is 11.4. The largest absolute Gasteiger partial charge is 0.333 e. The summed E-state index contributed by atoms with van der Waals surface area (Å²) in [4.78, 5) is 23.6. The number of fused-ring (bicyclic) bond motifs is 1. The van der Waals surface area contributed by atoms with Gasteiger partial charge in [-0.15, -0.1) is 11.3 Å². The van der Waals surface area contributed by atoms with Crippen molar-refractivity contribution in [3.63, 3.8) is 0 Å². The zero-order valence-electron chi connectivity index (χ0n) is 8.19. The molecular weight excluding hydrogens is 212 g/mol. The Labute approximate surface area is 90.3 Å². The van der Waals surface area contributed by atoms with Crippen LogP contribution in [0.1, 0.15) is 20.2 Å². The summed E-state index contributed by atoms with van der Waals surface area (Å²) >= 11 is 1.37. The lowest BCUT2D eigenvalue weighted by molar-refractivity contribution is 0.100. The van der Waals surface area contributed by atoms with E-state index in [0.29, 0.717) is 10.6 Å². The lowest BCUT2D eigenvalue weighted by Crippen LogP contribution is -2.11. The summed E-state index contributed by atoms with van der Waals surface area (Å²) in [5.74, 6) is -0.0659. The summed E-state index contributed by atoms with van der Waals surface area (Å²) in [6.07, 6.45) is 0.803. The van der Waals surface area contributed by atoms with Crippen molar-refractivity contribution < 1.29 is 9.59 Å². The molecule has 0 saturated heterocycles. The number of thiophene rings is 1. The van der Waals surface area contributed by atoms with E-state index in [9.17, 15) is 9.59 Å². The van der Waals surface area contributed by atoms with Crippen LogP contribution in [-0.2, 0) is 7.05 Å². The zero-order valence-corrected chi connectivity index (χ0v) is 9.00. The van der Waals surface area contributed by atoms with Crippen molar-refractivity contribution in [3.8, 4) is 0 Å². The molecule has 2 heterocycles. The molecule has 2 aromatic heterocycles. The van der Waals surface area contributed by atoms with Crippen molar-refractivity contribution in [2.45, 2.75) is 0 Å². The Kier molecular flexibility index (Phi) is 2.42. The van der Waals surface area contributed by atoms with Gasteiger partial charge in [-0.25, -0.2) is 0 Å². The van der Waals surface area contributed by atoms with Crippen LogP contribution in [0.5, 0.6) is 0 Å². The average molecular weight is 222 g/mol. The first-order chi connectivity index (χ1) is 7.17. The Bertz CT molecular complexity index is 539. The molecule has 0 fully saturated rings. The summed E-state index contributed by atoms with van der Waals surface area (Å²) in [6, 6.07) is 3.55. The fourth-order valence-corrected chi connectivity index (χ4v) is 2.55. The first-order valence-corrected chi connectivity index (χ1v) is 5.26. The maximum Gasteiger partial charge on any atom is 0.186 e. The lowest BCUT2D eigenvalue weighted by atomic mass is 10.3. The van der Waals surface area contributed by atoms with Crippen molar-refractivity contribution in [2.75, 3.05) is 6.54 Å². The third-order valence-corrected chi connectivity index (χ3v) is 3.58. The molecule has 0 spiro atoms. The van der Waals surface area contributed by atoms with Crippen molar-refractivity contribution in [1.82, 2.24) is 4.57 Å². The van der Waals surface area contributed by atoms with E-state index in [1.54, 1.807) is 23.7 Å². The van der Waals surface area contributed by atoms with Gasteiger partial charge in [0.2, 0.25) is 0 Å². The Hall–Kier alpha value is -1.46. The number of Topliss-reactive ketones (excluding diaryl/α,β-unsaturated/α-hetero) is 1. The standard InChI is InChI=1S/C10H10N2O2S/c1-12-7(5-13)2-6-3-9(8(14)4-11)15-10(6)12/h2-3,5H,4,11H2,1H3. The predicted molar refractivity (Wildman–Crippen MR) is 59.6 cm³/mol. The summed E-state index contributed by atoms with van der Waals surface area (Å²) in [6.45, 7) is 0.0212. The van der Waals surface area contributed by atoms with Crippen LogP contribution >= 0.6 is 11.3 Å². The fourth-order valence-electron chi connectivity index (χ4n) is 1.49. The van der Waals surface area contributed by atoms with Crippen molar-refractivity contribution in [1.29, 1.82) is 0 Å². The van der Waals surface area contributed by atoms with E-state index in [4.69, 9.17) is 5.73 Å². The number of ketones is 1. The van der Waals surface area contributed by atoms with Crippen LogP contribution in [0.2, 0.25) is 0 Å². The molecule has 4 nitrogen and oxygen atoms in total. The Morgan fingerprint density at radius 1 is 1.60 bits per heavy atom. The second-order valence-corrected chi connectivity index (χ2v) is 4.28. The molecule has 0 bridgehead atoms. The van der Waals surface area contributed by atoms with Crippen LogP contribution in [0.15, 0.2) is 12.1 Å². The molecule has 0 amide bonds. The maximum atomic E-state index is 11.4. The van der Waals surface area contributed by atoms with Crippen molar-refractivity contribution in [2.24, 2.45) is 12.8 Å². The van der Waals surface area contributed by atoms with E-state index in [1.165, 1.54) is 11.3 Å². The van der Waals surface area contributed by atoms with Crippen LogP contribution in [0.25, 0.3) is 10.2 Å². The average Bonchev–Trinajstić information content (AvgIpc) is 2.77. The monoisotopic (exact) mass is 222 g/mol. The molecule has 5 heteroatoms. The summed E-state index contributed by atoms with van der Waals surface area (Å²) < 4.78 is 1.78. The Balaban J connectivity index is 2.59. The highest BCUT2D eigenvalue weighted by Gasteiger charge is 2.12. The van der Waals surface area contributed by atoms with Crippen molar-refractivity contribution in [3.05, 3.63) is 22.7 Å². The summed E-state index contributed by atoms with van der Waals surface area (Å²) in [5.41, 5.74) is 5.90. The first-order valence-electron chi connectivity index (χ1n) is 4.45. The molecule has 2 rings (SSSR count). The summed E-state index contributed by atoms with van der Waals surface area (Å²) in [7, 11) is 1.80. The third kappa shape index (κ3) is 1.49. The fraction of sp³-hybridized carbons (Fsp3) is 0.200. The molecule has 0 aliphatic rings. The Morgan fingerprint density at radius 2 is 2.33 bits per heavy atom. The van der Waals surface area contributed by atoms with Crippen molar-refractivity contribution >= 4 is 33.6 Å². The normalized spacial score (nSPS) is 10.8. The molecule has 0 saturated carbocycles. The van der Waals surface area contributed by atoms with Crippen LogP contribution in [-0.4, -0.2) is 23.2 Å². The molecule has 0 aliphatic carbocycles. The SMILES string of the molecule is Cn1c(C=O)cc2cc(C(=O)CN)sc21. The predicted octanol–water partition coefficient (Wildman–Crippen LogP) is 1.19. The highest BCUT2D eigenvalue weighted by molar-refractivity contribution is 7.20. The van der Waals surface area contributed by atoms with Gasteiger partial charge in [0.1, 0.15) is 4.83 Å². The number of aldehydes is 1.